The van der Waals surface area contributed by atoms with Crippen LogP contribution in [0.5, 0.6) is 5.75 Å². The van der Waals surface area contributed by atoms with Crippen molar-refractivity contribution in [2.75, 3.05) is 22.6 Å². The molecule has 0 unspecified atom stereocenters. The van der Waals surface area contributed by atoms with Crippen LogP contribution < -0.4 is 15.8 Å². The van der Waals surface area contributed by atoms with Crippen molar-refractivity contribution in [3.05, 3.63) is 42.5 Å². The quantitative estimate of drug-likeness (QED) is 0.375. The Balaban J connectivity index is 1.40. The Hall–Kier alpha value is -3.41. The van der Waals surface area contributed by atoms with E-state index in [0.717, 1.165) is 48.3 Å². The Kier molecular flexibility index (Phi) is 7.17. The molecular weight excluding hydrogens is 535 g/mol. The van der Waals surface area contributed by atoms with Crippen LogP contribution in [0.4, 0.5) is 29.3 Å². The topological polar surface area (TPSA) is 113 Å². The second-order valence-corrected chi connectivity index (χ2v) is 12.5. The van der Waals surface area contributed by atoms with E-state index in [9.17, 15) is 26.4 Å². The van der Waals surface area contributed by atoms with E-state index in [-0.39, 0.29) is 29.3 Å². The fraction of sp³-hybridized carbons (Fsp3) is 0.444. The van der Waals surface area contributed by atoms with E-state index in [1.165, 1.54) is 0 Å². The number of nitrogens with one attached hydrogen (secondary N) is 1. The number of carbonyl (C=O) groups excluding carboxylic acids is 1. The Labute approximate surface area is 224 Å². The third kappa shape index (κ3) is 5.80. The van der Waals surface area contributed by atoms with Crippen molar-refractivity contribution < 1.29 is 35.9 Å². The molecule has 210 valence electrons. The summed E-state index contributed by atoms with van der Waals surface area (Å²) in [5.41, 5.74) is 10.0. The number of fused-ring (bicyclic) bond motifs is 1. The van der Waals surface area contributed by atoms with Gasteiger partial charge in [0.15, 0.2) is 15.9 Å². The highest BCUT2D eigenvalue weighted by molar-refractivity contribution is 7.91. The van der Waals surface area contributed by atoms with Gasteiger partial charge in [0, 0.05) is 28.7 Å². The van der Waals surface area contributed by atoms with Crippen molar-refractivity contribution in [2.24, 2.45) is 0 Å². The fourth-order valence-electron chi connectivity index (χ4n) is 4.97. The zero-order valence-corrected chi connectivity index (χ0v) is 22.1. The van der Waals surface area contributed by atoms with Crippen LogP contribution >= 0.6 is 0 Å². The molecule has 1 atom stereocenters. The van der Waals surface area contributed by atoms with E-state index < -0.39 is 28.2 Å². The molecule has 39 heavy (non-hydrogen) atoms. The molecule has 1 aliphatic heterocycles. The van der Waals surface area contributed by atoms with E-state index in [4.69, 9.17) is 10.5 Å². The van der Waals surface area contributed by atoms with Crippen molar-refractivity contribution in [3.8, 4) is 17.0 Å². The standard InChI is InChI=1S/C27H30F3N3O5S/c1-16(27(28,29)30)37-26(34)32-18-7-5-17(6-8-18)25-24(31)22-10-9-21(15-23(22)33(25)19-3-2-4-19)38-20-11-13-39(35,36)14-12-20/h5-10,15-16,19-20H,2-4,11-14,31H2,1H3,(H,32,34)/t16-/m1/s1. The summed E-state index contributed by atoms with van der Waals surface area (Å²) in [6, 6.07) is 12.6. The number of nitrogens with zero attached hydrogens (tertiary/aromatic N) is 1. The van der Waals surface area contributed by atoms with E-state index in [1.807, 2.05) is 18.2 Å². The van der Waals surface area contributed by atoms with Gasteiger partial charge in [0.2, 0.25) is 0 Å². The first-order valence-corrected chi connectivity index (χ1v) is 14.7. The second kappa shape index (κ2) is 10.3. The maximum atomic E-state index is 12.7. The van der Waals surface area contributed by atoms with E-state index in [2.05, 4.69) is 14.6 Å². The number of hydrogen-bond donors (Lipinski definition) is 2. The molecule has 2 aliphatic rings. The van der Waals surface area contributed by atoms with Crippen LogP contribution in [0.3, 0.4) is 0 Å². The summed E-state index contributed by atoms with van der Waals surface area (Å²) < 4.78 is 74.3. The lowest BCUT2D eigenvalue weighted by molar-refractivity contribution is -0.196. The normalized spacial score (nSPS) is 18.9. The summed E-state index contributed by atoms with van der Waals surface area (Å²) in [7, 11) is -2.99. The first-order chi connectivity index (χ1) is 18.4. The smallest absolute Gasteiger partial charge is 0.425 e. The summed E-state index contributed by atoms with van der Waals surface area (Å²) in [6.07, 6.45) is -4.24. The molecule has 8 nitrogen and oxygen atoms in total. The highest BCUT2D eigenvalue weighted by atomic mass is 32.2. The lowest BCUT2D eigenvalue weighted by Crippen LogP contribution is -2.32. The van der Waals surface area contributed by atoms with Gasteiger partial charge in [-0.2, -0.15) is 13.2 Å². The Morgan fingerprint density at radius 3 is 2.33 bits per heavy atom. The van der Waals surface area contributed by atoms with Gasteiger partial charge in [-0.25, -0.2) is 13.2 Å². The third-order valence-corrected chi connectivity index (χ3v) is 9.12. The molecule has 1 aliphatic carbocycles. The highest BCUT2D eigenvalue weighted by Gasteiger charge is 2.39. The van der Waals surface area contributed by atoms with Crippen LogP contribution in [-0.4, -0.2) is 49.0 Å². The molecule has 1 saturated carbocycles. The predicted molar refractivity (Wildman–Crippen MR) is 143 cm³/mol. The maximum Gasteiger partial charge on any atom is 0.425 e. The summed E-state index contributed by atoms with van der Waals surface area (Å²) in [6.45, 7) is 0.765. The first-order valence-electron chi connectivity index (χ1n) is 12.9. The van der Waals surface area contributed by atoms with Gasteiger partial charge in [-0.1, -0.05) is 12.1 Å². The van der Waals surface area contributed by atoms with E-state index in [0.29, 0.717) is 24.3 Å². The van der Waals surface area contributed by atoms with Gasteiger partial charge in [0.05, 0.1) is 28.4 Å². The van der Waals surface area contributed by atoms with Gasteiger partial charge in [0.1, 0.15) is 11.9 Å². The average Bonchev–Trinajstić information content (AvgIpc) is 3.10. The third-order valence-electron chi connectivity index (χ3n) is 7.41. The molecule has 1 amide bonds. The largest absolute Gasteiger partial charge is 0.490 e. The average molecular weight is 566 g/mol. The summed E-state index contributed by atoms with van der Waals surface area (Å²) >= 11 is 0. The number of nitrogens with two attached hydrogens (primary N) is 1. The first kappa shape index (κ1) is 27.2. The van der Waals surface area contributed by atoms with Gasteiger partial charge >= 0.3 is 12.3 Å². The van der Waals surface area contributed by atoms with Crippen molar-refractivity contribution in [1.29, 1.82) is 0 Å². The lowest BCUT2D eigenvalue weighted by Gasteiger charge is -2.30. The van der Waals surface area contributed by atoms with Crippen LogP contribution in [0.25, 0.3) is 22.2 Å². The van der Waals surface area contributed by atoms with E-state index >= 15 is 0 Å². The lowest BCUT2D eigenvalue weighted by atomic mass is 9.92. The number of ether oxygens (including phenoxy) is 2. The van der Waals surface area contributed by atoms with Crippen LogP contribution in [-0.2, 0) is 14.6 Å². The molecule has 0 bridgehead atoms. The van der Waals surface area contributed by atoms with Crippen LogP contribution in [0, 0.1) is 0 Å². The van der Waals surface area contributed by atoms with Crippen molar-refractivity contribution in [1.82, 2.24) is 4.57 Å². The summed E-state index contributed by atoms with van der Waals surface area (Å²) in [4.78, 5) is 11.9. The van der Waals surface area contributed by atoms with Gasteiger partial charge in [-0.05, 0) is 63.3 Å². The molecule has 1 saturated heterocycles. The number of anilines is 2. The number of benzene rings is 2. The van der Waals surface area contributed by atoms with Crippen LogP contribution in [0.15, 0.2) is 42.5 Å². The number of amides is 1. The number of aromatic nitrogens is 1. The van der Waals surface area contributed by atoms with E-state index in [1.54, 1.807) is 24.3 Å². The highest BCUT2D eigenvalue weighted by Crippen LogP contribution is 2.45. The molecule has 5 rings (SSSR count). The molecule has 2 heterocycles. The molecule has 2 fully saturated rings. The number of rotatable bonds is 6. The van der Waals surface area contributed by atoms with Gasteiger partial charge in [-0.15, -0.1) is 0 Å². The molecular formula is C27H30F3N3O5S. The monoisotopic (exact) mass is 565 g/mol. The van der Waals surface area contributed by atoms with Crippen molar-refractivity contribution in [2.45, 2.75) is 63.5 Å². The Bertz CT molecular complexity index is 1470. The Morgan fingerprint density at radius 2 is 1.74 bits per heavy atom. The summed E-state index contributed by atoms with van der Waals surface area (Å²) in [5.74, 6) is 0.904. The van der Waals surface area contributed by atoms with Gasteiger partial charge < -0.3 is 19.8 Å². The zero-order chi connectivity index (χ0) is 27.9. The minimum absolute atomic E-state index is 0.124. The molecule has 12 heteroatoms. The van der Waals surface area contributed by atoms with Gasteiger partial charge in [-0.3, -0.25) is 5.32 Å². The van der Waals surface area contributed by atoms with Gasteiger partial charge in [0.25, 0.3) is 0 Å². The number of halogens is 3. The number of nitrogen functional groups attached to an aromatic ring is 1. The molecule has 0 radical (unpaired) electrons. The number of sulfone groups is 1. The number of hydrogen-bond acceptors (Lipinski definition) is 6. The predicted octanol–water partition coefficient (Wildman–Crippen LogP) is 6.07. The van der Waals surface area contributed by atoms with Crippen LogP contribution in [0.2, 0.25) is 0 Å². The molecule has 3 N–H and O–H groups in total. The zero-order valence-electron chi connectivity index (χ0n) is 21.3. The number of alkyl halides is 3. The second-order valence-electron chi connectivity index (χ2n) is 10.2. The number of carbonyl (C=O) groups is 1. The summed E-state index contributed by atoms with van der Waals surface area (Å²) in [5, 5.41) is 3.19. The van der Waals surface area contributed by atoms with Crippen molar-refractivity contribution >= 4 is 38.2 Å². The van der Waals surface area contributed by atoms with Crippen molar-refractivity contribution in [3.63, 3.8) is 0 Å². The fourth-order valence-corrected chi connectivity index (χ4v) is 6.42. The molecule has 3 aromatic rings. The minimum atomic E-state index is -4.64. The SMILES string of the molecule is C[C@@H](OC(=O)Nc1ccc(-c2c(N)c3ccc(OC4CCS(=O)(=O)CC4)cc3n2C2CCC2)cc1)C(F)(F)F. The minimum Gasteiger partial charge on any atom is -0.490 e. The molecule has 1 aromatic heterocycles. The molecule has 0 spiro atoms. The Morgan fingerprint density at radius 1 is 1.08 bits per heavy atom. The maximum absolute atomic E-state index is 12.7. The van der Waals surface area contributed by atoms with Crippen LogP contribution in [0.1, 0.15) is 45.1 Å². The molecule has 2 aromatic carbocycles.